The maximum atomic E-state index is 13.3. The average Bonchev–Trinajstić information content (AvgIpc) is 3.41. The Balaban J connectivity index is 1.32. The van der Waals surface area contributed by atoms with Gasteiger partial charge in [0.15, 0.2) is 0 Å². The van der Waals surface area contributed by atoms with Crippen molar-refractivity contribution in [1.82, 2.24) is 4.90 Å². The van der Waals surface area contributed by atoms with Crippen molar-refractivity contribution in [2.75, 3.05) is 25.5 Å². The van der Waals surface area contributed by atoms with E-state index in [1.165, 1.54) is 5.56 Å². The van der Waals surface area contributed by atoms with Crippen LogP contribution in [-0.2, 0) is 20.7 Å². The zero-order valence-corrected chi connectivity index (χ0v) is 16.8. The Kier molecular flexibility index (Phi) is 4.59. The number of methoxy groups -OCH3 is 1. The summed E-state index contributed by atoms with van der Waals surface area (Å²) in [6, 6.07) is 17.3. The van der Waals surface area contributed by atoms with E-state index in [0.29, 0.717) is 24.5 Å². The van der Waals surface area contributed by atoms with E-state index in [1.54, 1.807) is 13.2 Å². The monoisotopic (exact) mass is 404 g/mol. The Labute approximate surface area is 175 Å². The summed E-state index contributed by atoms with van der Waals surface area (Å²) < 4.78 is 11.4. The largest absolute Gasteiger partial charge is 0.497 e. The molecule has 154 valence electrons. The second kappa shape index (κ2) is 7.29. The van der Waals surface area contributed by atoms with Gasteiger partial charge in [0.2, 0.25) is 11.8 Å². The second-order valence-corrected chi connectivity index (χ2v) is 8.12. The first kappa shape index (κ1) is 18.9. The van der Waals surface area contributed by atoms with Crippen LogP contribution in [0.4, 0.5) is 5.69 Å². The van der Waals surface area contributed by atoms with Gasteiger partial charge in [-0.3, -0.25) is 9.59 Å². The predicted molar refractivity (Wildman–Crippen MR) is 112 cm³/mol. The minimum atomic E-state index is -0.686. The van der Waals surface area contributed by atoms with E-state index in [0.717, 1.165) is 6.42 Å². The van der Waals surface area contributed by atoms with Crippen LogP contribution in [0.3, 0.4) is 0 Å². The van der Waals surface area contributed by atoms with E-state index in [2.05, 4.69) is 17.4 Å². The van der Waals surface area contributed by atoms with Crippen molar-refractivity contribution in [3.63, 3.8) is 0 Å². The van der Waals surface area contributed by atoms with E-state index in [9.17, 15) is 9.59 Å². The standard InChI is InChI=1S/C24H24N2O4/c1-29-18-9-5-8-17(14-18)25-22(27)20-19-10-12-24(30-19)15-26(23(28)21(20)24)13-11-16-6-3-2-4-7-16/h2-10,12,14,19-21H,11,13,15H2,1H3,(H,25,27)/t19-,20+,21+,24+/m0/s1. The highest BCUT2D eigenvalue weighted by Crippen LogP contribution is 2.52. The zero-order chi connectivity index (χ0) is 20.7. The number of amides is 2. The fraction of sp³-hybridized carbons (Fsp3) is 0.333. The Morgan fingerprint density at radius 1 is 1.23 bits per heavy atom. The van der Waals surface area contributed by atoms with Gasteiger partial charge < -0.3 is 19.7 Å². The molecule has 2 bridgehead atoms. The molecule has 2 aromatic rings. The van der Waals surface area contributed by atoms with Crippen molar-refractivity contribution < 1.29 is 19.1 Å². The number of ether oxygens (including phenoxy) is 2. The maximum absolute atomic E-state index is 13.3. The topological polar surface area (TPSA) is 67.9 Å². The summed E-state index contributed by atoms with van der Waals surface area (Å²) in [5.41, 5.74) is 1.15. The van der Waals surface area contributed by atoms with E-state index in [1.807, 2.05) is 53.5 Å². The predicted octanol–water partition coefficient (Wildman–Crippen LogP) is 2.66. The molecule has 1 spiro atoms. The molecular weight excluding hydrogens is 380 g/mol. The van der Waals surface area contributed by atoms with Gasteiger partial charge in [-0.1, -0.05) is 48.6 Å². The van der Waals surface area contributed by atoms with Gasteiger partial charge in [0, 0.05) is 18.3 Å². The number of nitrogens with zero attached hydrogens (tertiary/aromatic N) is 1. The second-order valence-electron chi connectivity index (χ2n) is 8.12. The summed E-state index contributed by atoms with van der Waals surface area (Å²) in [5, 5.41) is 2.94. The van der Waals surface area contributed by atoms with Crippen molar-refractivity contribution >= 4 is 17.5 Å². The summed E-state index contributed by atoms with van der Waals surface area (Å²) >= 11 is 0. The van der Waals surface area contributed by atoms with E-state index < -0.39 is 17.4 Å². The van der Waals surface area contributed by atoms with Crippen LogP contribution in [0.2, 0.25) is 0 Å². The van der Waals surface area contributed by atoms with Crippen LogP contribution in [0.15, 0.2) is 66.7 Å². The number of hydrogen-bond acceptors (Lipinski definition) is 4. The molecule has 0 radical (unpaired) electrons. The molecule has 5 rings (SSSR count). The molecule has 2 aromatic carbocycles. The number of carbonyl (C=O) groups excluding carboxylic acids is 2. The molecule has 4 atom stereocenters. The molecule has 30 heavy (non-hydrogen) atoms. The lowest BCUT2D eigenvalue weighted by molar-refractivity contribution is -0.135. The minimum Gasteiger partial charge on any atom is -0.497 e. The lowest BCUT2D eigenvalue weighted by Gasteiger charge is -2.23. The molecule has 2 saturated heterocycles. The number of nitrogens with one attached hydrogen (secondary N) is 1. The Hall–Kier alpha value is -3.12. The minimum absolute atomic E-state index is 0.00331. The fourth-order valence-electron chi connectivity index (χ4n) is 4.90. The van der Waals surface area contributed by atoms with Crippen LogP contribution >= 0.6 is 0 Å². The first-order chi connectivity index (χ1) is 14.6. The molecule has 0 aromatic heterocycles. The number of rotatable bonds is 6. The number of benzene rings is 2. The molecule has 2 fully saturated rings. The van der Waals surface area contributed by atoms with E-state index >= 15 is 0 Å². The van der Waals surface area contributed by atoms with E-state index in [-0.39, 0.29) is 17.9 Å². The Morgan fingerprint density at radius 3 is 2.87 bits per heavy atom. The van der Waals surface area contributed by atoms with Crippen molar-refractivity contribution in [1.29, 1.82) is 0 Å². The van der Waals surface area contributed by atoms with Crippen LogP contribution in [-0.4, -0.2) is 48.6 Å². The van der Waals surface area contributed by atoms with Gasteiger partial charge in [0.05, 0.1) is 31.6 Å². The van der Waals surface area contributed by atoms with Crippen molar-refractivity contribution in [2.24, 2.45) is 11.8 Å². The third-order valence-electron chi connectivity index (χ3n) is 6.33. The molecular formula is C24H24N2O4. The zero-order valence-electron chi connectivity index (χ0n) is 16.8. The van der Waals surface area contributed by atoms with Gasteiger partial charge in [-0.2, -0.15) is 0 Å². The Bertz CT molecular complexity index is 1010. The Morgan fingerprint density at radius 2 is 2.07 bits per heavy atom. The summed E-state index contributed by atoms with van der Waals surface area (Å²) in [6.07, 6.45) is 4.34. The SMILES string of the molecule is COc1cccc(NC(=O)[C@@H]2[C@@H]3C=C[C@]4(CN(CCc5ccccc5)C(=O)[C@@H]24)O3)c1. The number of anilines is 1. The first-order valence-electron chi connectivity index (χ1n) is 10.2. The molecule has 3 aliphatic heterocycles. The molecule has 3 aliphatic rings. The quantitative estimate of drug-likeness (QED) is 0.752. The van der Waals surface area contributed by atoms with Crippen LogP contribution < -0.4 is 10.1 Å². The molecule has 0 unspecified atom stereocenters. The number of fused-ring (bicyclic) bond motifs is 1. The van der Waals surface area contributed by atoms with Gasteiger partial charge in [-0.25, -0.2) is 0 Å². The lowest BCUT2D eigenvalue weighted by Crippen LogP contribution is -2.41. The van der Waals surface area contributed by atoms with Crippen LogP contribution in [0.1, 0.15) is 5.56 Å². The fourth-order valence-corrected chi connectivity index (χ4v) is 4.90. The summed E-state index contributed by atoms with van der Waals surface area (Å²) in [4.78, 5) is 28.3. The van der Waals surface area contributed by atoms with Crippen LogP contribution in [0.25, 0.3) is 0 Å². The summed E-state index contributed by atoms with van der Waals surface area (Å²) in [6.45, 7) is 1.12. The first-order valence-corrected chi connectivity index (χ1v) is 10.2. The highest BCUT2D eigenvalue weighted by Gasteiger charge is 2.66. The molecule has 0 saturated carbocycles. The molecule has 2 amide bonds. The van der Waals surface area contributed by atoms with Gasteiger partial charge in [-0.15, -0.1) is 0 Å². The average molecular weight is 404 g/mol. The van der Waals surface area contributed by atoms with Crippen molar-refractivity contribution in [3.05, 3.63) is 72.3 Å². The summed E-state index contributed by atoms with van der Waals surface area (Å²) in [7, 11) is 1.58. The van der Waals surface area contributed by atoms with Crippen LogP contribution in [0, 0.1) is 11.8 Å². The number of likely N-dealkylation sites (tertiary alicyclic amines) is 1. The third-order valence-corrected chi connectivity index (χ3v) is 6.33. The van der Waals surface area contributed by atoms with E-state index in [4.69, 9.17) is 9.47 Å². The molecule has 0 aliphatic carbocycles. The van der Waals surface area contributed by atoms with Crippen LogP contribution in [0.5, 0.6) is 5.75 Å². The highest BCUT2D eigenvalue weighted by molar-refractivity contribution is 5.99. The lowest BCUT2D eigenvalue weighted by atomic mass is 9.77. The smallest absolute Gasteiger partial charge is 0.231 e. The summed E-state index contributed by atoms with van der Waals surface area (Å²) in [5.74, 6) is -0.534. The van der Waals surface area contributed by atoms with Gasteiger partial charge in [0.1, 0.15) is 11.4 Å². The third kappa shape index (κ3) is 3.08. The van der Waals surface area contributed by atoms with Gasteiger partial charge in [-0.05, 0) is 24.1 Å². The number of carbonyl (C=O) groups is 2. The van der Waals surface area contributed by atoms with Crippen molar-refractivity contribution in [3.8, 4) is 5.75 Å². The molecule has 6 heteroatoms. The van der Waals surface area contributed by atoms with Gasteiger partial charge >= 0.3 is 0 Å². The normalized spacial score (nSPS) is 28.6. The van der Waals surface area contributed by atoms with Gasteiger partial charge in [0.25, 0.3) is 0 Å². The molecule has 1 N–H and O–H groups in total. The van der Waals surface area contributed by atoms with Crippen molar-refractivity contribution in [2.45, 2.75) is 18.1 Å². The molecule has 3 heterocycles. The maximum Gasteiger partial charge on any atom is 0.231 e. The number of hydrogen-bond donors (Lipinski definition) is 1. The molecule has 6 nitrogen and oxygen atoms in total. The highest BCUT2D eigenvalue weighted by atomic mass is 16.5.